The molecular formula is C22H15BrClN7OS. The molecule has 0 radical (unpaired) electrons. The van der Waals surface area contributed by atoms with Gasteiger partial charge >= 0.3 is 0 Å². The average Bonchev–Trinajstić information content (AvgIpc) is 3.45. The number of anilines is 1. The smallest absolute Gasteiger partial charge is 0.273 e. The second kappa shape index (κ2) is 8.47. The van der Waals surface area contributed by atoms with E-state index in [1.165, 1.54) is 5.01 Å². The van der Waals surface area contributed by atoms with E-state index in [2.05, 4.69) is 36.5 Å². The molecule has 0 unspecified atom stereocenters. The van der Waals surface area contributed by atoms with Gasteiger partial charge in [-0.1, -0.05) is 39.7 Å². The molecule has 0 aliphatic heterocycles. The summed E-state index contributed by atoms with van der Waals surface area (Å²) < 4.78 is 2.77. The predicted octanol–water partition coefficient (Wildman–Crippen LogP) is 4.69. The summed E-state index contributed by atoms with van der Waals surface area (Å²) in [4.78, 5) is 17.9. The van der Waals surface area contributed by atoms with Gasteiger partial charge in [0, 0.05) is 27.8 Å². The number of benzene rings is 2. The fraction of sp³-hybridized carbons (Fsp3) is 0. The highest BCUT2D eigenvalue weighted by atomic mass is 79.9. The molecule has 33 heavy (non-hydrogen) atoms. The first-order valence-electron chi connectivity index (χ1n) is 9.68. The molecule has 5 rings (SSSR count). The van der Waals surface area contributed by atoms with Gasteiger partial charge in [-0.3, -0.25) is 15.3 Å². The van der Waals surface area contributed by atoms with Crippen LogP contribution in [0.4, 0.5) is 5.69 Å². The zero-order valence-corrected chi connectivity index (χ0v) is 19.9. The zero-order valence-electron chi connectivity index (χ0n) is 16.8. The Hall–Kier alpha value is -3.47. The van der Waals surface area contributed by atoms with E-state index in [9.17, 15) is 4.79 Å². The van der Waals surface area contributed by atoms with Crippen LogP contribution in [-0.2, 0) is 0 Å². The fourth-order valence-electron chi connectivity index (χ4n) is 3.49. The summed E-state index contributed by atoms with van der Waals surface area (Å²) in [6, 6.07) is 14.7. The van der Waals surface area contributed by atoms with Gasteiger partial charge in [-0.15, -0.1) is 0 Å². The van der Waals surface area contributed by atoms with Gasteiger partial charge in [0.15, 0.2) is 5.11 Å². The minimum atomic E-state index is -0.440. The van der Waals surface area contributed by atoms with Crippen LogP contribution in [0.25, 0.3) is 27.8 Å². The first-order valence-corrected chi connectivity index (χ1v) is 11.3. The van der Waals surface area contributed by atoms with E-state index in [0.717, 1.165) is 21.2 Å². The molecule has 0 saturated heterocycles. The average molecular weight is 541 g/mol. The van der Waals surface area contributed by atoms with E-state index in [1.54, 1.807) is 34.9 Å². The molecule has 8 nitrogen and oxygen atoms in total. The molecule has 0 fully saturated rings. The summed E-state index contributed by atoms with van der Waals surface area (Å²) in [7, 11) is 0. The van der Waals surface area contributed by atoms with E-state index in [4.69, 9.17) is 29.6 Å². The third-order valence-electron chi connectivity index (χ3n) is 5.08. The van der Waals surface area contributed by atoms with Gasteiger partial charge in [-0.25, -0.2) is 9.99 Å². The van der Waals surface area contributed by atoms with Gasteiger partial charge in [0.05, 0.1) is 33.7 Å². The van der Waals surface area contributed by atoms with Crippen molar-refractivity contribution in [2.24, 2.45) is 5.73 Å². The maximum absolute atomic E-state index is 13.3. The molecule has 3 heterocycles. The number of hydrazine groups is 1. The molecule has 0 spiro atoms. The standard InChI is InChI=1S/C22H15BrClN7OS/c23-13-5-3-12(4-6-13)17-11-30-9-1-2-14(20(30)27-17)21(32)29-31(22(25)33)18-8-7-16-15(19(18)24)10-26-28-16/h1-11H,(H2,25,33)(H,26,28)(H,29,32). The Bertz CT molecular complexity index is 1530. The van der Waals surface area contributed by atoms with E-state index in [1.807, 2.05) is 36.7 Å². The van der Waals surface area contributed by atoms with Gasteiger partial charge < -0.3 is 10.1 Å². The van der Waals surface area contributed by atoms with Crippen molar-refractivity contribution in [2.45, 2.75) is 0 Å². The van der Waals surface area contributed by atoms with Crippen molar-refractivity contribution in [1.82, 2.24) is 25.0 Å². The maximum Gasteiger partial charge on any atom is 0.273 e. The minimum Gasteiger partial charge on any atom is -0.374 e. The Morgan fingerprint density at radius 2 is 2.00 bits per heavy atom. The lowest BCUT2D eigenvalue weighted by Crippen LogP contribution is -2.49. The van der Waals surface area contributed by atoms with Gasteiger partial charge in [-0.2, -0.15) is 5.10 Å². The van der Waals surface area contributed by atoms with Crippen LogP contribution in [0.15, 0.2) is 71.6 Å². The number of nitrogens with two attached hydrogens (primary N) is 1. The third kappa shape index (κ3) is 3.92. The van der Waals surface area contributed by atoms with Crippen LogP contribution >= 0.6 is 39.7 Å². The number of amides is 1. The van der Waals surface area contributed by atoms with Crippen molar-refractivity contribution in [3.05, 3.63) is 82.2 Å². The Kier molecular flexibility index (Phi) is 5.49. The summed E-state index contributed by atoms with van der Waals surface area (Å²) in [6.45, 7) is 0. The summed E-state index contributed by atoms with van der Waals surface area (Å²) in [5, 5.41) is 9.07. The first kappa shape index (κ1) is 21.4. The Balaban J connectivity index is 1.51. The van der Waals surface area contributed by atoms with Gasteiger partial charge in [0.25, 0.3) is 5.91 Å². The number of halogens is 2. The van der Waals surface area contributed by atoms with Gasteiger partial charge in [-0.05, 0) is 48.6 Å². The van der Waals surface area contributed by atoms with Crippen LogP contribution in [0.2, 0.25) is 5.02 Å². The molecule has 0 bridgehead atoms. The number of thiocarbonyl (C=S) groups is 1. The number of hydrogen-bond acceptors (Lipinski definition) is 4. The largest absolute Gasteiger partial charge is 0.374 e. The Morgan fingerprint density at radius 1 is 1.21 bits per heavy atom. The van der Waals surface area contributed by atoms with Crippen molar-refractivity contribution in [2.75, 3.05) is 5.01 Å². The number of aromatic amines is 1. The summed E-state index contributed by atoms with van der Waals surface area (Å²) >= 11 is 15.2. The number of hydrogen-bond donors (Lipinski definition) is 3. The van der Waals surface area contributed by atoms with Crippen molar-refractivity contribution in [3.8, 4) is 11.3 Å². The molecule has 0 atom stereocenters. The molecular weight excluding hydrogens is 526 g/mol. The van der Waals surface area contributed by atoms with E-state index < -0.39 is 5.91 Å². The van der Waals surface area contributed by atoms with E-state index in [-0.39, 0.29) is 5.11 Å². The SMILES string of the molecule is NC(=S)N(NC(=O)c1cccn2cc(-c3ccc(Br)cc3)nc12)c1ccc2[nH]ncc2c1Cl. The molecule has 5 aromatic rings. The number of carbonyl (C=O) groups excluding carboxylic acids is 1. The molecule has 0 saturated carbocycles. The lowest BCUT2D eigenvalue weighted by molar-refractivity contribution is 0.0956. The van der Waals surface area contributed by atoms with E-state index >= 15 is 0 Å². The van der Waals surface area contributed by atoms with Crippen LogP contribution in [0, 0.1) is 0 Å². The Labute approximate surface area is 206 Å². The summed E-state index contributed by atoms with van der Waals surface area (Å²) in [6.07, 6.45) is 5.29. The normalized spacial score (nSPS) is 11.1. The second-order valence-electron chi connectivity index (χ2n) is 7.13. The molecule has 1 amide bonds. The lowest BCUT2D eigenvalue weighted by atomic mass is 10.2. The lowest BCUT2D eigenvalue weighted by Gasteiger charge is -2.24. The maximum atomic E-state index is 13.3. The van der Waals surface area contributed by atoms with Gasteiger partial charge in [0.1, 0.15) is 5.65 Å². The molecule has 0 aliphatic carbocycles. The number of nitrogens with one attached hydrogen (secondary N) is 2. The van der Waals surface area contributed by atoms with Crippen LogP contribution in [0.1, 0.15) is 10.4 Å². The number of imidazole rings is 1. The highest BCUT2D eigenvalue weighted by Gasteiger charge is 2.21. The summed E-state index contributed by atoms with van der Waals surface area (Å²) in [5.41, 5.74) is 12.4. The zero-order chi connectivity index (χ0) is 23.1. The number of H-pyrrole nitrogens is 1. The quantitative estimate of drug-likeness (QED) is 0.227. The molecule has 164 valence electrons. The number of fused-ring (bicyclic) bond motifs is 2. The molecule has 0 aliphatic rings. The highest BCUT2D eigenvalue weighted by Crippen LogP contribution is 2.32. The van der Waals surface area contributed by atoms with Crippen LogP contribution in [-0.4, -0.2) is 30.6 Å². The minimum absolute atomic E-state index is 0.0704. The van der Waals surface area contributed by atoms with Crippen molar-refractivity contribution in [3.63, 3.8) is 0 Å². The number of nitrogens with zero attached hydrogens (tertiary/aromatic N) is 4. The van der Waals surface area contributed by atoms with Crippen LogP contribution in [0.3, 0.4) is 0 Å². The fourth-order valence-corrected chi connectivity index (χ4v) is 4.20. The topological polar surface area (TPSA) is 104 Å². The Morgan fingerprint density at radius 3 is 2.76 bits per heavy atom. The number of aromatic nitrogens is 4. The second-order valence-corrected chi connectivity index (χ2v) is 8.84. The predicted molar refractivity (Wildman–Crippen MR) is 136 cm³/mol. The number of rotatable bonds is 3. The molecule has 11 heteroatoms. The van der Waals surface area contributed by atoms with Gasteiger partial charge in [0.2, 0.25) is 0 Å². The molecule has 3 aromatic heterocycles. The van der Waals surface area contributed by atoms with E-state index in [0.29, 0.717) is 27.3 Å². The van der Waals surface area contributed by atoms with Crippen LogP contribution < -0.4 is 16.2 Å². The third-order valence-corrected chi connectivity index (χ3v) is 6.19. The van der Waals surface area contributed by atoms with Crippen molar-refractivity contribution < 1.29 is 4.79 Å². The molecule has 4 N–H and O–H groups in total. The summed E-state index contributed by atoms with van der Waals surface area (Å²) in [5.74, 6) is -0.440. The number of carbonyl (C=O) groups is 1. The van der Waals surface area contributed by atoms with Crippen LogP contribution in [0.5, 0.6) is 0 Å². The number of pyridine rings is 1. The van der Waals surface area contributed by atoms with Crippen molar-refractivity contribution in [1.29, 1.82) is 0 Å². The monoisotopic (exact) mass is 539 g/mol. The highest BCUT2D eigenvalue weighted by molar-refractivity contribution is 9.10. The first-order chi connectivity index (χ1) is 15.9. The van der Waals surface area contributed by atoms with Crippen molar-refractivity contribution >= 4 is 73.0 Å². The molecule has 2 aromatic carbocycles.